The lowest BCUT2D eigenvalue weighted by Crippen LogP contribution is -2.41. The highest BCUT2D eigenvalue weighted by atomic mass is 32.1. The zero-order chi connectivity index (χ0) is 16.1. The zero-order valence-corrected chi connectivity index (χ0v) is 13.2. The lowest BCUT2D eigenvalue weighted by molar-refractivity contribution is -0.121. The highest BCUT2D eigenvalue weighted by molar-refractivity contribution is 7.09. The molecule has 0 saturated carbocycles. The van der Waals surface area contributed by atoms with E-state index in [0.717, 1.165) is 4.88 Å². The molecule has 1 aliphatic heterocycles. The molecule has 6 nitrogen and oxygen atoms in total. The summed E-state index contributed by atoms with van der Waals surface area (Å²) in [5, 5.41) is 1.97. The first-order valence-electron chi connectivity index (χ1n) is 7.23. The van der Waals surface area contributed by atoms with Crippen LogP contribution in [0.3, 0.4) is 0 Å². The minimum Gasteiger partial charge on any atom is -0.486 e. The van der Waals surface area contributed by atoms with E-state index in [1.165, 1.54) is 0 Å². The number of hydrazine groups is 1. The van der Waals surface area contributed by atoms with Crippen LogP contribution in [0.25, 0.3) is 0 Å². The van der Waals surface area contributed by atoms with Gasteiger partial charge in [0.25, 0.3) is 5.91 Å². The second kappa shape index (κ2) is 7.15. The fourth-order valence-corrected chi connectivity index (χ4v) is 2.85. The molecular formula is C16H16N2O4S. The Morgan fingerprint density at radius 1 is 1.09 bits per heavy atom. The number of rotatable bonds is 4. The second-order valence-electron chi connectivity index (χ2n) is 4.94. The van der Waals surface area contributed by atoms with Crippen molar-refractivity contribution >= 4 is 23.2 Å². The number of aryl methyl sites for hydroxylation is 1. The van der Waals surface area contributed by atoms with Crippen LogP contribution in [0, 0.1) is 0 Å². The summed E-state index contributed by atoms with van der Waals surface area (Å²) in [6.45, 7) is 0.955. The summed E-state index contributed by atoms with van der Waals surface area (Å²) in [7, 11) is 0. The molecule has 0 bridgehead atoms. The molecule has 1 aromatic carbocycles. The molecule has 3 rings (SSSR count). The molecule has 0 atom stereocenters. The van der Waals surface area contributed by atoms with Gasteiger partial charge in [-0.05, 0) is 36.1 Å². The average molecular weight is 332 g/mol. The van der Waals surface area contributed by atoms with Crippen molar-refractivity contribution in [3.05, 3.63) is 46.2 Å². The van der Waals surface area contributed by atoms with Crippen LogP contribution in [0.1, 0.15) is 21.7 Å². The first-order chi connectivity index (χ1) is 11.2. The van der Waals surface area contributed by atoms with Gasteiger partial charge in [-0.25, -0.2) is 0 Å². The molecule has 2 amide bonds. The Labute approximate surface area is 137 Å². The first-order valence-corrected chi connectivity index (χ1v) is 8.11. The number of hydrogen-bond donors (Lipinski definition) is 2. The van der Waals surface area contributed by atoms with Crippen LogP contribution in [0.2, 0.25) is 0 Å². The molecule has 0 saturated heterocycles. The molecule has 1 aromatic heterocycles. The van der Waals surface area contributed by atoms with Crippen LogP contribution >= 0.6 is 11.3 Å². The Bertz CT molecular complexity index is 700. The van der Waals surface area contributed by atoms with E-state index < -0.39 is 5.91 Å². The van der Waals surface area contributed by atoms with Gasteiger partial charge in [0.15, 0.2) is 11.5 Å². The number of nitrogens with one attached hydrogen (secondary N) is 2. The number of thiophene rings is 1. The fraction of sp³-hybridized carbons (Fsp3) is 0.250. The van der Waals surface area contributed by atoms with Crippen LogP contribution in [0.4, 0.5) is 0 Å². The van der Waals surface area contributed by atoms with Gasteiger partial charge >= 0.3 is 0 Å². The summed E-state index contributed by atoms with van der Waals surface area (Å²) < 4.78 is 10.8. The average Bonchev–Trinajstić information content (AvgIpc) is 3.11. The molecule has 2 aromatic rings. The maximum Gasteiger partial charge on any atom is 0.269 e. The third kappa shape index (κ3) is 4.01. The molecule has 0 spiro atoms. The predicted molar refractivity (Wildman–Crippen MR) is 85.7 cm³/mol. The van der Waals surface area contributed by atoms with Gasteiger partial charge < -0.3 is 9.47 Å². The molecule has 2 heterocycles. The maximum absolute atomic E-state index is 12.0. The third-order valence-electron chi connectivity index (χ3n) is 3.30. The van der Waals surface area contributed by atoms with Crippen molar-refractivity contribution in [3.8, 4) is 11.5 Å². The maximum atomic E-state index is 12.0. The molecule has 0 radical (unpaired) electrons. The van der Waals surface area contributed by atoms with Crippen molar-refractivity contribution in [2.45, 2.75) is 12.8 Å². The summed E-state index contributed by atoms with van der Waals surface area (Å²) in [5.41, 5.74) is 5.22. The zero-order valence-electron chi connectivity index (χ0n) is 12.3. The third-order valence-corrected chi connectivity index (χ3v) is 4.23. The number of carbonyl (C=O) groups excluding carboxylic acids is 2. The van der Waals surface area contributed by atoms with Crippen molar-refractivity contribution < 1.29 is 19.1 Å². The van der Waals surface area contributed by atoms with E-state index in [-0.39, 0.29) is 5.91 Å². The monoisotopic (exact) mass is 332 g/mol. The molecule has 0 fully saturated rings. The van der Waals surface area contributed by atoms with E-state index in [0.29, 0.717) is 43.1 Å². The minimum absolute atomic E-state index is 0.232. The Morgan fingerprint density at radius 3 is 2.70 bits per heavy atom. The summed E-state index contributed by atoms with van der Waals surface area (Å²) in [4.78, 5) is 24.9. The first kappa shape index (κ1) is 15.4. The molecule has 0 aliphatic carbocycles. The molecule has 120 valence electrons. The topological polar surface area (TPSA) is 76.7 Å². The predicted octanol–water partition coefficient (Wildman–Crippen LogP) is 1.91. The lowest BCUT2D eigenvalue weighted by atomic mass is 10.2. The van der Waals surface area contributed by atoms with Gasteiger partial charge in [0.2, 0.25) is 5.91 Å². The smallest absolute Gasteiger partial charge is 0.269 e. The quantitative estimate of drug-likeness (QED) is 0.839. The van der Waals surface area contributed by atoms with Crippen LogP contribution in [0.5, 0.6) is 11.5 Å². The number of fused-ring (bicyclic) bond motifs is 1. The van der Waals surface area contributed by atoms with Gasteiger partial charge in [0, 0.05) is 16.9 Å². The van der Waals surface area contributed by atoms with E-state index in [2.05, 4.69) is 10.9 Å². The molecule has 0 unspecified atom stereocenters. The van der Waals surface area contributed by atoms with Crippen LogP contribution in [0.15, 0.2) is 35.7 Å². The van der Waals surface area contributed by atoms with Crippen molar-refractivity contribution in [1.82, 2.24) is 10.9 Å². The SMILES string of the molecule is O=C(CCc1cccs1)NNC(=O)c1ccc2c(c1)OCCO2. The van der Waals surface area contributed by atoms with Gasteiger partial charge in [-0.15, -0.1) is 11.3 Å². The summed E-state index contributed by atoms with van der Waals surface area (Å²) in [6, 6.07) is 8.83. The van der Waals surface area contributed by atoms with E-state index in [9.17, 15) is 9.59 Å². The largest absolute Gasteiger partial charge is 0.486 e. The molecule has 2 N–H and O–H groups in total. The second-order valence-corrected chi connectivity index (χ2v) is 5.97. The Hall–Kier alpha value is -2.54. The van der Waals surface area contributed by atoms with E-state index in [4.69, 9.17) is 9.47 Å². The van der Waals surface area contributed by atoms with E-state index in [1.807, 2.05) is 17.5 Å². The van der Waals surface area contributed by atoms with Crippen molar-refractivity contribution in [2.24, 2.45) is 0 Å². The van der Waals surface area contributed by atoms with Crippen molar-refractivity contribution in [3.63, 3.8) is 0 Å². The summed E-state index contributed by atoms with van der Waals surface area (Å²) in [6.07, 6.45) is 0.978. The van der Waals surface area contributed by atoms with Gasteiger partial charge in [-0.2, -0.15) is 0 Å². The molecule has 23 heavy (non-hydrogen) atoms. The number of hydrogen-bond acceptors (Lipinski definition) is 5. The van der Waals surface area contributed by atoms with Gasteiger partial charge in [-0.3, -0.25) is 20.4 Å². The molecule has 1 aliphatic rings. The van der Waals surface area contributed by atoms with Crippen LogP contribution < -0.4 is 20.3 Å². The van der Waals surface area contributed by atoms with Crippen LogP contribution in [-0.4, -0.2) is 25.0 Å². The summed E-state index contributed by atoms with van der Waals surface area (Å²) >= 11 is 1.61. The van der Waals surface area contributed by atoms with E-state index in [1.54, 1.807) is 29.5 Å². The standard InChI is InChI=1S/C16H16N2O4S/c19-15(6-4-12-2-1-9-23-12)17-18-16(20)11-3-5-13-14(10-11)22-8-7-21-13/h1-3,5,9-10H,4,6-8H2,(H,17,19)(H,18,20). The highest BCUT2D eigenvalue weighted by Gasteiger charge is 2.15. The molecule has 7 heteroatoms. The Morgan fingerprint density at radius 2 is 1.91 bits per heavy atom. The number of carbonyl (C=O) groups is 2. The Balaban J connectivity index is 1.50. The molecular weight excluding hydrogens is 316 g/mol. The van der Waals surface area contributed by atoms with Crippen LogP contribution in [-0.2, 0) is 11.2 Å². The lowest BCUT2D eigenvalue weighted by Gasteiger charge is -2.18. The van der Waals surface area contributed by atoms with Gasteiger partial charge in [0.1, 0.15) is 13.2 Å². The van der Waals surface area contributed by atoms with Crippen molar-refractivity contribution in [2.75, 3.05) is 13.2 Å². The normalized spacial score (nSPS) is 12.5. The Kier molecular flexibility index (Phi) is 4.77. The minimum atomic E-state index is -0.397. The van der Waals surface area contributed by atoms with E-state index >= 15 is 0 Å². The number of amides is 2. The van der Waals surface area contributed by atoms with Gasteiger partial charge in [-0.1, -0.05) is 6.07 Å². The number of ether oxygens (including phenoxy) is 2. The fourth-order valence-electron chi connectivity index (χ4n) is 2.14. The van der Waals surface area contributed by atoms with Crippen molar-refractivity contribution in [1.29, 1.82) is 0 Å². The van der Waals surface area contributed by atoms with Gasteiger partial charge in [0.05, 0.1) is 0 Å². The number of benzene rings is 1. The highest BCUT2D eigenvalue weighted by Crippen LogP contribution is 2.30. The summed E-state index contributed by atoms with van der Waals surface area (Å²) in [5.74, 6) is 0.524.